The van der Waals surface area contributed by atoms with Gasteiger partial charge >= 0.3 is 0 Å². The zero-order valence-corrected chi connectivity index (χ0v) is 15.5. The van der Waals surface area contributed by atoms with Crippen LogP contribution in [-0.2, 0) is 4.79 Å². The highest BCUT2D eigenvalue weighted by Crippen LogP contribution is 2.22. The highest BCUT2D eigenvalue weighted by Gasteiger charge is 2.11. The Labute approximate surface area is 154 Å². The molecule has 0 aliphatic carbocycles. The molecule has 0 aromatic heterocycles. The van der Waals surface area contributed by atoms with E-state index in [2.05, 4.69) is 0 Å². The van der Waals surface area contributed by atoms with E-state index >= 15 is 0 Å². The van der Waals surface area contributed by atoms with Gasteiger partial charge in [0, 0.05) is 24.9 Å². The fourth-order valence-corrected chi connectivity index (χ4v) is 2.79. The van der Waals surface area contributed by atoms with Crippen LogP contribution in [0.3, 0.4) is 0 Å². The molecule has 2 rings (SSSR count). The molecule has 140 valence electrons. The summed E-state index contributed by atoms with van der Waals surface area (Å²) in [7, 11) is 1.63. The largest absolute Gasteiger partial charge is 0.497 e. The van der Waals surface area contributed by atoms with E-state index in [1.165, 1.54) is 0 Å². The molecule has 26 heavy (non-hydrogen) atoms. The number of methoxy groups -OCH3 is 1. The van der Waals surface area contributed by atoms with Crippen LogP contribution in [0.2, 0.25) is 0 Å². The van der Waals surface area contributed by atoms with Crippen LogP contribution in [0.1, 0.15) is 55.8 Å². The van der Waals surface area contributed by atoms with Gasteiger partial charge in [0.15, 0.2) is 5.78 Å². The number of fused-ring (bicyclic) bond motifs is 1. The molecule has 0 aliphatic heterocycles. The molecule has 0 spiro atoms. The number of hydroxylamine groups is 2. The molecular formula is C21H27NO4. The molecule has 0 saturated heterocycles. The average molecular weight is 357 g/mol. The standard InChI is InChI=1S/C21H27NO4/c1-3-4-13-22(25)21(24)8-6-5-7-20(23)18-10-9-17-15-19(26-2)12-11-16(17)14-18/h9-12,14-15,25H,3-8,13H2,1-2H3. The van der Waals surface area contributed by atoms with Crippen molar-refractivity contribution in [3.63, 3.8) is 0 Å². The molecule has 1 amide bonds. The fourth-order valence-electron chi connectivity index (χ4n) is 2.79. The van der Waals surface area contributed by atoms with Crippen molar-refractivity contribution in [2.24, 2.45) is 0 Å². The van der Waals surface area contributed by atoms with Crippen LogP contribution < -0.4 is 4.74 Å². The third kappa shape index (κ3) is 5.56. The number of rotatable bonds is 10. The number of nitrogens with zero attached hydrogens (tertiary/aromatic N) is 1. The van der Waals surface area contributed by atoms with E-state index in [1.807, 2.05) is 43.3 Å². The van der Waals surface area contributed by atoms with Crippen LogP contribution in [0.4, 0.5) is 0 Å². The van der Waals surface area contributed by atoms with Gasteiger partial charge in [0.25, 0.3) is 0 Å². The van der Waals surface area contributed by atoms with Crippen molar-refractivity contribution in [2.75, 3.05) is 13.7 Å². The van der Waals surface area contributed by atoms with Crippen molar-refractivity contribution in [3.8, 4) is 5.75 Å². The first-order valence-corrected chi connectivity index (χ1v) is 9.15. The third-order valence-electron chi connectivity index (χ3n) is 4.43. The van der Waals surface area contributed by atoms with E-state index in [0.29, 0.717) is 31.4 Å². The lowest BCUT2D eigenvalue weighted by Gasteiger charge is -2.14. The molecule has 0 fully saturated rings. The first-order chi connectivity index (χ1) is 12.5. The monoisotopic (exact) mass is 357 g/mol. The van der Waals surface area contributed by atoms with E-state index in [1.54, 1.807) is 7.11 Å². The van der Waals surface area contributed by atoms with Gasteiger partial charge in [-0.25, -0.2) is 5.06 Å². The third-order valence-corrected chi connectivity index (χ3v) is 4.43. The van der Waals surface area contributed by atoms with Crippen molar-refractivity contribution in [2.45, 2.75) is 45.4 Å². The van der Waals surface area contributed by atoms with E-state index in [-0.39, 0.29) is 18.1 Å². The molecule has 0 aliphatic rings. The van der Waals surface area contributed by atoms with Gasteiger partial charge in [-0.3, -0.25) is 14.8 Å². The van der Waals surface area contributed by atoms with Crippen LogP contribution in [0.15, 0.2) is 36.4 Å². The summed E-state index contributed by atoms with van der Waals surface area (Å²) >= 11 is 0. The summed E-state index contributed by atoms with van der Waals surface area (Å²) in [5, 5.41) is 12.4. The molecule has 5 nitrogen and oxygen atoms in total. The Balaban J connectivity index is 1.82. The predicted octanol–water partition coefficient (Wildman–Crippen LogP) is 4.61. The lowest BCUT2D eigenvalue weighted by atomic mass is 10.0. The Bertz CT molecular complexity index is 757. The molecule has 5 heteroatoms. The van der Waals surface area contributed by atoms with Crippen LogP contribution in [0.5, 0.6) is 5.75 Å². The van der Waals surface area contributed by atoms with E-state index in [4.69, 9.17) is 4.74 Å². The summed E-state index contributed by atoms with van der Waals surface area (Å²) in [6.45, 7) is 2.38. The molecule has 0 unspecified atom stereocenters. The molecule has 0 atom stereocenters. The Kier molecular flexibility index (Phi) is 7.60. The summed E-state index contributed by atoms with van der Waals surface area (Å²) in [5.74, 6) is 0.589. The minimum absolute atomic E-state index is 0.0713. The molecule has 0 bridgehead atoms. The second-order valence-electron chi connectivity index (χ2n) is 6.43. The van der Waals surface area contributed by atoms with Crippen LogP contribution in [-0.4, -0.2) is 35.6 Å². The van der Waals surface area contributed by atoms with Gasteiger partial charge < -0.3 is 4.74 Å². The van der Waals surface area contributed by atoms with Crippen molar-refractivity contribution < 1.29 is 19.5 Å². The van der Waals surface area contributed by atoms with Gasteiger partial charge in [0.1, 0.15) is 5.75 Å². The topological polar surface area (TPSA) is 66.8 Å². The number of carbonyl (C=O) groups excluding carboxylic acids is 2. The minimum Gasteiger partial charge on any atom is -0.497 e. The number of ketones is 1. The number of Topliss-reactive ketones (excluding diaryl/α,β-unsaturated/α-hetero) is 1. The number of amides is 1. The average Bonchev–Trinajstić information content (AvgIpc) is 2.67. The Morgan fingerprint density at radius 1 is 1.00 bits per heavy atom. The zero-order valence-electron chi connectivity index (χ0n) is 15.5. The Morgan fingerprint density at radius 2 is 1.69 bits per heavy atom. The van der Waals surface area contributed by atoms with Crippen molar-refractivity contribution in [1.29, 1.82) is 0 Å². The normalized spacial score (nSPS) is 10.7. The number of benzene rings is 2. The minimum atomic E-state index is -0.273. The van der Waals surface area contributed by atoms with Gasteiger partial charge in [0.2, 0.25) is 5.91 Å². The second-order valence-corrected chi connectivity index (χ2v) is 6.43. The number of hydrogen-bond donors (Lipinski definition) is 1. The maximum Gasteiger partial charge on any atom is 0.245 e. The summed E-state index contributed by atoms with van der Waals surface area (Å²) < 4.78 is 5.21. The van der Waals surface area contributed by atoms with Crippen LogP contribution in [0.25, 0.3) is 10.8 Å². The number of ether oxygens (including phenoxy) is 1. The molecule has 2 aromatic rings. The van der Waals surface area contributed by atoms with Gasteiger partial charge in [0.05, 0.1) is 7.11 Å². The Morgan fingerprint density at radius 3 is 2.42 bits per heavy atom. The first kappa shape index (κ1) is 19.9. The maximum absolute atomic E-state index is 12.4. The van der Waals surface area contributed by atoms with Gasteiger partial charge in [-0.05, 0) is 48.2 Å². The molecule has 0 heterocycles. The fraction of sp³-hybridized carbons (Fsp3) is 0.429. The summed E-state index contributed by atoms with van der Waals surface area (Å²) in [6, 6.07) is 11.4. The molecule has 0 saturated carbocycles. The Hall–Kier alpha value is -2.40. The maximum atomic E-state index is 12.4. The van der Waals surface area contributed by atoms with E-state index in [0.717, 1.165) is 34.4 Å². The lowest BCUT2D eigenvalue weighted by molar-refractivity contribution is -0.165. The smallest absolute Gasteiger partial charge is 0.245 e. The molecular weight excluding hydrogens is 330 g/mol. The summed E-state index contributed by atoms with van der Waals surface area (Å²) in [5.41, 5.74) is 0.681. The van der Waals surface area contributed by atoms with Gasteiger partial charge in [-0.1, -0.05) is 31.5 Å². The second kappa shape index (κ2) is 9.92. The van der Waals surface area contributed by atoms with Crippen LogP contribution >= 0.6 is 0 Å². The molecule has 1 N–H and O–H groups in total. The van der Waals surface area contributed by atoms with Gasteiger partial charge in [-0.2, -0.15) is 0 Å². The number of hydrogen-bond acceptors (Lipinski definition) is 4. The quantitative estimate of drug-likeness (QED) is 0.292. The predicted molar refractivity (Wildman–Crippen MR) is 102 cm³/mol. The number of unbranched alkanes of at least 4 members (excludes halogenated alkanes) is 2. The SMILES string of the molecule is CCCCN(O)C(=O)CCCCC(=O)c1ccc2cc(OC)ccc2c1. The van der Waals surface area contributed by atoms with Crippen molar-refractivity contribution in [3.05, 3.63) is 42.0 Å². The van der Waals surface area contributed by atoms with Crippen LogP contribution in [0, 0.1) is 0 Å². The number of carbonyl (C=O) groups is 2. The lowest BCUT2D eigenvalue weighted by Crippen LogP contribution is -2.28. The van der Waals surface area contributed by atoms with E-state index in [9.17, 15) is 14.8 Å². The zero-order chi connectivity index (χ0) is 18.9. The molecule has 0 radical (unpaired) electrons. The molecule has 2 aromatic carbocycles. The summed E-state index contributed by atoms with van der Waals surface area (Å²) in [4.78, 5) is 24.1. The van der Waals surface area contributed by atoms with E-state index < -0.39 is 0 Å². The highest BCUT2D eigenvalue weighted by molar-refractivity contribution is 6.00. The van der Waals surface area contributed by atoms with Gasteiger partial charge in [-0.15, -0.1) is 0 Å². The highest BCUT2D eigenvalue weighted by atomic mass is 16.5. The summed E-state index contributed by atoms with van der Waals surface area (Å²) in [6.07, 6.45) is 3.61. The first-order valence-electron chi connectivity index (χ1n) is 9.15. The van der Waals surface area contributed by atoms with Crippen molar-refractivity contribution >= 4 is 22.5 Å². The van der Waals surface area contributed by atoms with Crippen molar-refractivity contribution in [1.82, 2.24) is 5.06 Å².